The van der Waals surface area contributed by atoms with Crippen molar-refractivity contribution in [2.24, 2.45) is 0 Å². The molecule has 0 aliphatic carbocycles. The number of rotatable bonds is 8. The van der Waals surface area contributed by atoms with E-state index in [-0.39, 0.29) is 22.6 Å². The number of halogens is 4. The SMILES string of the molecule is Cc1nc2ccc(NC(=O)c3ccc(Oc4c(F)c(F)c(Oc5ccc(C(=O)Nc6ccc7nc(C)sc7c6)cc5)c(F)c4F)cc3)cc2s1. The fourth-order valence-corrected chi connectivity index (χ4v) is 6.73. The first-order valence-corrected chi connectivity index (χ1v) is 16.4. The number of fused-ring (bicyclic) bond motifs is 2. The lowest BCUT2D eigenvalue weighted by Crippen LogP contribution is -2.11. The van der Waals surface area contributed by atoms with E-state index in [0.717, 1.165) is 30.4 Å². The minimum Gasteiger partial charge on any atom is -0.451 e. The lowest BCUT2D eigenvalue weighted by molar-refractivity contribution is 0.101. The Morgan fingerprint density at radius 2 is 0.920 bits per heavy atom. The summed E-state index contributed by atoms with van der Waals surface area (Å²) in [5.41, 5.74) is 3.09. The number of hydrogen-bond donors (Lipinski definition) is 2. The van der Waals surface area contributed by atoms with E-state index in [4.69, 9.17) is 9.47 Å². The first-order chi connectivity index (χ1) is 24.0. The molecule has 2 aromatic heterocycles. The maximum absolute atomic E-state index is 15.0. The molecule has 0 saturated heterocycles. The predicted molar refractivity (Wildman–Crippen MR) is 184 cm³/mol. The molecule has 0 bridgehead atoms. The van der Waals surface area contributed by atoms with Gasteiger partial charge in [-0.2, -0.15) is 17.6 Å². The van der Waals surface area contributed by atoms with Gasteiger partial charge in [0, 0.05) is 22.5 Å². The highest BCUT2D eigenvalue weighted by Crippen LogP contribution is 2.39. The van der Waals surface area contributed by atoms with Crippen LogP contribution < -0.4 is 20.1 Å². The Morgan fingerprint density at radius 3 is 1.28 bits per heavy atom. The molecule has 0 fully saturated rings. The van der Waals surface area contributed by atoms with Crippen molar-refractivity contribution in [3.05, 3.63) is 129 Å². The van der Waals surface area contributed by atoms with Crippen LogP contribution in [0.2, 0.25) is 0 Å². The van der Waals surface area contributed by atoms with Gasteiger partial charge in [0.25, 0.3) is 11.8 Å². The number of carbonyl (C=O) groups is 2. The first-order valence-electron chi connectivity index (χ1n) is 14.8. The van der Waals surface area contributed by atoms with Crippen LogP contribution in [0, 0.1) is 37.1 Å². The molecule has 0 unspecified atom stereocenters. The number of nitrogens with one attached hydrogen (secondary N) is 2. The summed E-state index contributed by atoms with van der Waals surface area (Å²) in [5, 5.41) is 7.29. The van der Waals surface area contributed by atoms with E-state index in [2.05, 4.69) is 20.6 Å². The van der Waals surface area contributed by atoms with Crippen LogP contribution in [0.15, 0.2) is 84.9 Å². The second kappa shape index (κ2) is 13.2. The highest BCUT2D eigenvalue weighted by Gasteiger charge is 2.29. The van der Waals surface area contributed by atoms with E-state index < -0.39 is 46.6 Å². The molecule has 0 spiro atoms. The van der Waals surface area contributed by atoms with E-state index in [9.17, 15) is 9.59 Å². The van der Waals surface area contributed by atoms with Crippen LogP contribution in [0.3, 0.4) is 0 Å². The van der Waals surface area contributed by atoms with Crippen molar-refractivity contribution in [3.8, 4) is 23.0 Å². The first kappa shape index (κ1) is 32.7. The monoisotopic (exact) mass is 714 g/mol. The van der Waals surface area contributed by atoms with Crippen molar-refractivity contribution in [1.82, 2.24) is 9.97 Å². The summed E-state index contributed by atoms with van der Waals surface area (Å²) in [5.74, 6) is -11.3. The lowest BCUT2D eigenvalue weighted by Gasteiger charge is -2.14. The molecule has 2 amide bonds. The van der Waals surface area contributed by atoms with Crippen LogP contribution in [0.4, 0.5) is 28.9 Å². The molecule has 7 aromatic rings. The second-order valence-electron chi connectivity index (χ2n) is 10.9. The summed E-state index contributed by atoms with van der Waals surface area (Å²) in [4.78, 5) is 34.3. The van der Waals surface area contributed by atoms with E-state index in [0.29, 0.717) is 11.4 Å². The van der Waals surface area contributed by atoms with Gasteiger partial charge in [0.1, 0.15) is 11.5 Å². The third-order valence-corrected chi connectivity index (χ3v) is 9.23. The van der Waals surface area contributed by atoms with Gasteiger partial charge in [0.15, 0.2) is 0 Å². The number of hydrogen-bond acceptors (Lipinski definition) is 8. The van der Waals surface area contributed by atoms with Crippen molar-refractivity contribution in [1.29, 1.82) is 0 Å². The highest BCUT2D eigenvalue weighted by molar-refractivity contribution is 7.18. The van der Waals surface area contributed by atoms with E-state index in [1.165, 1.54) is 71.2 Å². The highest BCUT2D eigenvalue weighted by atomic mass is 32.1. The van der Waals surface area contributed by atoms with Crippen LogP contribution in [-0.4, -0.2) is 21.8 Å². The zero-order valence-corrected chi connectivity index (χ0v) is 27.6. The Balaban J connectivity index is 1.02. The number of amides is 2. The average Bonchev–Trinajstić information content (AvgIpc) is 3.67. The minimum atomic E-state index is -1.83. The Hall–Kier alpha value is -5.86. The van der Waals surface area contributed by atoms with Gasteiger partial charge in [-0.1, -0.05) is 0 Å². The molecule has 5 aromatic carbocycles. The Labute approximate surface area is 289 Å². The number of benzene rings is 5. The predicted octanol–water partition coefficient (Wildman–Crippen LogP) is 10.2. The normalized spacial score (nSPS) is 11.2. The van der Waals surface area contributed by atoms with Gasteiger partial charge in [-0.15, -0.1) is 22.7 Å². The molecule has 8 nitrogen and oxygen atoms in total. The van der Waals surface area contributed by atoms with Crippen LogP contribution in [0.1, 0.15) is 30.7 Å². The third-order valence-electron chi connectivity index (χ3n) is 7.36. The maximum atomic E-state index is 15.0. The molecule has 0 radical (unpaired) electrons. The Morgan fingerprint density at radius 1 is 0.560 bits per heavy atom. The smallest absolute Gasteiger partial charge is 0.255 e. The molecule has 250 valence electrons. The van der Waals surface area contributed by atoms with Crippen molar-refractivity contribution in [3.63, 3.8) is 0 Å². The van der Waals surface area contributed by atoms with Crippen LogP contribution >= 0.6 is 22.7 Å². The largest absolute Gasteiger partial charge is 0.451 e. The fourth-order valence-electron chi connectivity index (χ4n) is 5.00. The van der Waals surface area contributed by atoms with Gasteiger partial charge in [-0.3, -0.25) is 9.59 Å². The number of ether oxygens (including phenoxy) is 2. The summed E-state index contributed by atoms with van der Waals surface area (Å²) in [7, 11) is 0. The van der Waals surface area contributed by atoms with Gasteiger partial charge in [-0.05, 0) is 98.8 Å². The lowest BCUT2D eigenvalue weighted by atomic mass is 10.2. The summed E-state index contributed by atoms with van der Waals surface area (Å²) in [6.07, 6.45) is 0. The van der Waals surface area contributed by atoms with E-state index in [1.54, 1.807) is 36.4 Å². The van der Waals surface area contributed by atoms with Crippen molar-refractivity contribution in [2.75, 3.05) is 10.6 Å². The molecule has 50 heavy (non-hydrogen) atoms. The topological polar surface area (TPSA) is 102 Å². The molecular formula is C36H22F4N4O4S2. The second-order valence-corrected chi connectivity index (χ2v) is 13.4. The van der Waals surface area contributed by atoms with Gasteiger partial charge < -0.3 is 20.1 Å². The van der Waals surface area contributed by atoms with Crippen LogP contribution in [0.25, 0.3) is 20.4 Å². The van der Waals surface area contributed by atoms with Gasteiger partial charge in [-0.25, -0.2) is 9.97 Å². The zero-order chi connectivity index (χ0) is 35.1. The van der Waals surface area contributed by atoms with E-state index in [1.807, 2.05) is 13.8 Å². The van der Waals surface area contributed by atoms with Crippen LogP contribution in [0.5, 0.6) is 23.0 Å². The zero-order valence-electron chi connectivity index (χ0n) is 25.9. The van der Waals surface area contributed by atoms with Crippen molar-refractivity contribution < 1.29 is 36.6 Å². The molecule has 2 heterocycles. The molecule has 0 saturated carbocycles. The minimum absolute atomic E-state index is 0.190. The summed E-state index contributed by atoms with van der Waals surface area (Å²) in [6, 6.07) is 20.8. The van der Waals surface area contributed by atoms with Crippen molar-refractivity contribution >= 4 is 66.3 Å². The molecular weight excluding hydrogens is 693 g/mol. The number of thiazole rings is 2. The van der Waals surface area contributed by atoms with Crippen molar-refractivity contribution in [2.45, 2.75) is 13.8 Å². The fraction of sp³-hybridized carbons (Fsp3) is 0.0556. The molecule has 0 aliphatic rings. The average molecular weight is 715 g/mol. The van der Waals surface area contributed by atoms with Gasteiger partial charge >= 0.3 is 0 Å². The Bertz CT molecular complexity index is 2250. The molecule has 0 aliphatic heterocycles. The summed E-state index contributed by atoms with van der Waals surface area (Å²) >= 11 is 2.97. The number of nitrogens with zero attached hydrogens (tertiary/aromatic N) is 2. The summed E-state index contributed by atoms with van der Waals surface area (Å²) in [6.45, 7) is 3.76. The number of carbonyl (C=O) groups excluding carboxylic acids is 2. The molecule has 7 rings (SSSR count). The van der Waals surface area contributed by atoms with E-state index >= 15 is 17.6 Å². The van der Waals surface area contributed by atoms with Gasteiger partial charge in [0.2, 0.25) is 34.8 Å². The number of aromatic nitrogens is 2. The maximum Gasteiger partial charge on any atom is 0.255 e. The summed E-state index contributed by atoms with van der Waals surface area (Å²) < 4.78 is 72.2. The molecule has 14 heteroatoms. The Kier molecular flexibility index (Phi) is 8.64. The number of anilines is 2. The third kappa shape index (κ3) is 6.58. The quantitative estimate of drug-likeness (QED) is 0.120. The van der Waals surface area contributed by atoms with Crippen LogP contribution in [-0.2, 0) is 0 Å². The van der Waals surface area contributed by atoms with Gasteiger partial charge in [0.05, 0.1) is 30.4 Å². The standard InChI is InChI=1S/C36H22F4N4O4S2/c1-17-41-25-13-7-21(15-27(25)49-17)43-35(45)19-3-9-23(10-4-19)47-33-29(37)31(39)34(32(40)30(33)38)48-24-11-5-20(6-12-24)36(46)44-22-8-14-26-28(16-22)50-18(2)42-26/h3-16H,1-2H3,(H,43,45)(H,44,46). The molecule has 2 N–H and O–H groups in total. The molecule has 0 atom stereocenters. The number of aryl methyl sites for hydroxylation is 2.